The first kappa shape index (κ1) is 11.8. The number of carbonyl (C=O) groups is 2. The molecule has 0 aliphatic carbocycles. The number of amides is 2. The molecular formula is C10H12N2O4. The van der Waals surface area contributed by atoms with E-state index in [2.05, 4.69) is 4.74 Å². The molecule has 0 fully saturated rings. The van der Waals surface area contributed by atoms with E-state index in [4.69, 9.17) is 11.5 Å². The number of benzene rings is 1. The Morgan fingerprint density at radius 3 is 2.50 bits per heavy atom. The molecule has 0 spiro atoms. The highest BCUT2D eigenvalue weighted by molar-refractivity contribution is 5.95. The van der Waals surface area contributed by atoms with E-state index in [1.54, 1.807) is 0 Å². The predicted molar refractivity (Wildman–Crippen MR) is 55.7 cm³/mol. The molecule has 1 aromatic carbocycles. The average molecular weight is 224 g/mol. The first-order chi connectivity index (χ1) is 7.43. The smallest absolute Gasteiger partial charge is 0.405 e. The van der Waals surface area contributed by atoms with Gasteiger partial charge in [0.05, 0.1) is 5.56 Å². The third-order valence-electron chi connectivity index (χ3n) is 2.06. The lowest BCUT2D eigenvalue weighted by Crippen LogP contribution is -2.17. The highest BCUT2D eigenvalue weighted by Crippen LogP contribution is 2.29. The Kier molecular flexibility index (Phi) is 3.34. The Morgan fingerprint density at radius 2 is 2.00 bits per heavy atom. The van der Waals surface area contributed by atoms with Crippen LogP contribution in [0.2, 0.25) is 0 Å². The number of hydrogen-bond donors (Lipinski definition) is 3. The molecule has 0 radical (unpaired) electrons. The Balaban J connectivity index is 3.10. The van der Waals surface area contributed by atoms with Crippen molar-refractivity contribution in [2.45, 2.75) is 13.0 Å². The van der Waals surface area contributed by atoms with Gasteiger partial charge in [-0.15, -0.1) is 0 Å². The van der Waals surface area contributed by atoms with Crippen LogP contribution in [0.3, 0.4) is 0 Å². The number of hydrogen-bond acceptors (Lipinski definition) is 4. The van der Waals surface area contributed by atoms with E-state index in [0.717, 1.165) is 0 Å². The predicted octanol–water partition coefficient (Wildman–Crippen LogP) is 0.647. The summed E-state index contributed by atoms with van der Waals surface area (Å²) in [6.07, 6.45) is -1.71. The van der Waals surface area contributed by atoms with Crippen LogP contribution >= 0.6 is 0 Å². The van der Waals surface area contributed by atoms with E-state index in [1.807, 2.05) is 0 Å². The van der Waals surface area contributed by atoms with Crippen LogP contribution in [-0.2, 0) is 4.74 Å². The van der Waals surface area contributed by atoms with Gasteiger partial charge in [-0.05, 0) is 13.0 Å². The fourth-order valence-electron chi connectivity index (χ4n) is 1.33. The first-order valence-corrected chi connectivity index (χ1v) is 4.51. The van der Waals surface area contributed by atoms with Crippen molar-refractivity contribution in [1.82, 2.24) is 0 Å². The summed E-state index contributed by atoms with van der Waals surface area (Å²) in [6, 6.07) is 4.41. The number of para-hydroxylation sites is 1. The fraction of sp³-hybridized carbons (Fsp3) is 0.200. The maximum Gasteiger partial charge on any atom is 0.405 e. The lowest BCUT2D eigenvalue weighted by Gasteiger charge is -2.14. The zero-order chi connectivity index (χ0) is 12.3. The van der Waals surface area contributed by atoms with E-state index in [1.165, 1.54) is 25.1 Å². The highest BCUT2D eigenvalue weighted by Gasteiger charge is 2.17. The molecule has 0 saturated carbocycles. The van der Waals surface area contributed by atoms with Crippen molar-refractivity contribution in [3.8, 4) is 5.75 Å². The molecule has 6 nitrogen and oxygen atoms in total. The molecule has 1 aromatic rings. The van der Waals surface area contributed by atoms with Crippen molar-refractivity contribution in [2.24, 2.45) is 11.5 Å². The van der Waals surface area contributed by atoms with E-state index in [-0.39, 0.29) is 16.9 Å². The zero-order valence-electron chi connectivity index (χ0n) is 8.64. The van der Waals surface area contributed by atoms with Gasteiger partial charge in [-0.25, -0.2) is 4.79 Å². The minimum atomic E-state index is -0.962. The number of phenols is 1. The molecule has 5 N–H and O–H groups in total. The summed E-state index contributed by atoms with van der Waals surface area (Å²) >= 11 is 0. The van der Waals surface area contributed by atoms with Gasteiger partial charge in [0.1, 0.15) is 11.9 Å². The second-order valence-corrected chi connectivity index (χ2v) is 3.19. The normalized spacial score (nSPS) is 11.8. The summed E-state index contributed by atoms with van der Waals surface area (Å²) in [6.45, 7) is 1.52. The van der Waals surface area contributed by atoms with Crippen LogP contribution in [0, 0.1) is 0 Å². The van der Waals surface area contributed by atoms with Crippen LogP contribution < -0.4 is 11.5 Å². The van der Waals surface area contributed by atoms with Gasteiger partial charge in [0, 0.05) is 5.56 Å². The van der Waals surface area contributed by atoms with Crippen molar-refractivity contribution in [3.05, 3.63) is 29.3 Å². The molecule has 86 valence electrons. The van der Waals surface area contributed by atoms with Gasteiger partial charge in [-0.2, -0.15) is 0 Å². The number of ether oxygens (including phenoxy) is 1. The van der Waals surface area contributed by atoms with Gasteiger partial charge in [0.2, 0.25) is 0 Å². The van der Waals surface area contributed by atoms with Crippen LogP contribution in [0.15, 0.2) is 18.2 Å². The van der Waals surface area contributed by atoms with E-state index in [0.29, 0.717) is 0 Å². The number of rotatable bonds is 3. The quantitative estimate of drug-likeness (QED) is 0.698. The first-order valence-electron chi connectivity index (χ1n) is 4.51. The average Bonchev–Trinajstić information content (AvgIpc) is 2.16. The van der Waals surface area contributed by atoms with Gasteiger partial charge in [0.25, 0.3) is 5.91 Å². The number of nitrogens with two attached hydrogens (primary N) is 2. The standard InChI is InChI=1S/C10H12N2O4/c1-5(16-10(12)15)6-3-2-4-7(8(6)13)9(11)14/h2-5,13H,1H3,(H2,11,14)(H2,12,15). The zero-order valence-corrected chi connectivity index (χ0v) is 8.64. The highest BCUT2D eigenvalue weighted by atomic mass is 16.6. The fourth-order valence-corrected chi connectivity index (χ4v) is 1.33. The minimum absolute atomic E-state index is 0.0302. The van der Waals surface area contributed by atoms with Crippen molar-refractivity contribution < 1.29 is 19.4 Å². The summed E-state index contributed by atoms with van der Waals surface area (Å²) in [7, 11) is 0. The molecule has 0 bridgehead atoms. The summed E-state index contributed by atoms with van der Waals surface area (Å²) in [5, 5.41) is 9.71. The molecule has 1 rings (SSSR count). The molecule has 0 aromatic heterocycles. The van der Waals surface area contributed by atoms with Gasteiger partial charge in [-0.3, -0.25) is 4.79 Å². The second-order valence-electron chi connectivity index (χ2n) is 3.19. The largest absolute Gasteiger partial charge is 0.507 e. The molecule has 0 heterocycles. The lowest BCUT2D eigenvalue weighted by molar-refractivity contribution is 0.0996. The number of primary amides is 2. The summed E-state index contributed by atoms with van der Waals surface area (Å²) in [4.78, 5) is 21.5. The third-order valence-corrected chi connectivity index (χ3v) is 2.06. The third kappa shape index (κ3) is 2.41. The maximum atomic E-state index is 10.9. The van der Waals surface area contributed by atoms with Crippen LogP contribution in [0.1, 0.15) is 28.9 Å². The van der Waals surface area contributed by atoms with Crippen LogP contribution in [0.5, 0.6) is 5.75 Å². The SMILES string of the molecule is CC(OC(N)=O)c1cccc(C(N)=O)c1O. The molecule has 16 heavy (non-hydrogen) atoms. The van der Waals surface area contributed by atoms with Gasteiger partial charge < -0.3 is 21.3 Å². The van der Waals surface area contributed by atoms with E-state index in [9.17, 15) is 14.7 Å². The Labute approximate surface area is 91.8 Å². The van der Waals surface area contributed by atoms with E-state index < -0.39 is 18.1 Å². The minimum Gasteiger partial charge on any atom is -0.507 e. The van der Waals surface area contributed by atoms with Gasteiger partial charge in [0.15, 0.2) is 0 Å². The molecule has 0 aliphatic rings. The molecule has 0 aliphatic heterocycles. The Bertz CT molecular complexity index is 431. The lowest BCUT2D eigenvalue weighted by atomic mass is 10.0. The molecule has 1 unspecified atom stereocenters. The van der Waals surface area contributed by atoms with E-state index >= 15 is 0 Å². The van der Waals surface area contributed by atoms with Gasteiger partial charge in [-0.1, -0.05) is 12.1 Å². The van der Waals surface area contributed by atoms with Crippen LogP contribution in [0.4, 0.5) is 4.79 Å². The van der Waals surface area contributed by atoms with Crippen molar-refractivity contribution in [2.75, 3.05) is 0 Å². The van der Waals surface area contributed by atoms with Gasteiger partial charge >= 0.3 is 6.09 Å². The maximum absolute atomic E-state index is 10.9. The summed E-state index contributed by atoms with van der Waals surface area (Å²) in [5.74, 6) is -1.06. The number of aromatic hydroxyl groups is 1. The molecule has 0 saturated heterocycles. The molecule has 2 amide bonds. The van der Waals surface area contributed by atoms with Crippen molar-refractivity contribution >= 4 is 12.0 Å². The molecular weight excluding hydrogens is 212 g/mol. The molecule has 6 heteroatoms. The van der Waals surface area contributed by atoms with Crippen LogP contribution in [0.25, 0.3) is 0 Å². The Hall–Kier alpha value is -2.24. The van der Waals surface area contributed by atoms with Crippen LogP contribution in [-0.4, -0.2) is 17.1 Å². The van der Waals surface area contributed by atoms with Crippen molar-refractivity contribution in [3.63, 3.8) is 0 Å². The van der Waals surface area contributed by atoms with Crippen molar-refractivity contribution in [1.29, 1.82) is 0 Å². The summed E-state index contributed by atoms with van der Waals surface area (Å²) < 4.78 is 4.68. The molecule has 1 atom stereocenters. The second kappa shape index (κ2) is 4.52. The number of carbonyl (C=O) groups excluding carboxylic acids is 2. The topological polar surface area (TPSA) is 116 Å². The summed E-state index contributed by atoms with van der Waals surface area (Å²) in [5.41, 5.74) is 10.1. The monoisotopic (exact) mass is 224 g/mol. The Morgan fingerprint density at radius 1 is 1.38 bits per heavy atom.